The molecule has 0 radical (unpaired) electrons. The van der Waals surface area contributed by atoms with Gasteiger partial charge < -0.3 is 43.1 Å². The SMILES string of the molecule is Cc1ccc(S(=O)(=O)Nc2c(N3CCN(C(=O)c4ccccc4)CC3)c3ccccc3n(C)c2=O)cc1.Cn1c(=O)c(NS(=O)(=O)c2ccccc2)c(N2CCN(C(=O)c3ccccc3)CC2)c2ccccc21.Cn1c(=O)c(NS(=O)(=O)c2ccccc2)c(N2CCN(C(=O)c3cccs3)CC2)c2ccccc21. The van der Waals surface area contributed by atoms with Gasteiger partial charge in [0.25, 0.3) is 64.5 Å². The quantitative estimate of drug-likeness (QED) is 0.0861. The van der Waals surface area contributed by atoms with Crippen LogP contribution in [0.1, 0.15) is 36.0 Å². The van der Waals surface area contributed by atoms with E-state index < -0.39 is 46.7 Å². The van der Waals surface area contributed by atoms with Crippen molar-refractivity contribution in [3.63, 3.8) is 0 Å². The second-order valence-corrected chi connectivity index (χ2v) is 32.1. The number of amides is 3. The van der Waals surface area contributed by atoms with Crippen LogP contribution in [0.15, 0.2) is 265 Å². The highest BCUT2D eigenvalue weighted by Gasteiger charge is 2.34. The van der Waals surface area contributed by atoms with E-state index in [2.05, 4.69) is 14.2 Å². The Morgan fingerprint density at radius 1 is 0.324 bits per heavy atom. The van der Waals surface area contributed by atoms with Crippen molar-refractivity contribution < 1.29 is 39.6 Å². The van der Waals surface area contributed by atoms with Gasteiger partial charge in [0.2, 0.25) is 0 Å². The maximum absolute atomic E-state index is 13.5. The predicted molar refractivity (Wildman–Crippen MR) is 426 cm³/mol. The molecule has 0 bridgehead atoms. The molecular weight excluding hydrogens is 1450 g/mol. The second-order valence-electron chi connectivity index (χ2n) is 26.1. The van der Waals surface area contributed by atoms with Crippen molar-refractivity contribution >= 4 is 126 Å². The number of para-hydroxylation sites is 3. The Morgan fingerprint density at radius 3 is 0.907 bits per heavy atom. The maximum Gasteiger partial charge on any atom is 0.277 e. The number of nitrogens with one attached hydrogen (secondary N) is 3. The Bertz CT molecular complexity index is 5890. The van der Waals surface area contributed by atoms with E-state index in [9.17, 15) is 54.0 Å². The van der Waals surface area contributed by atoms with Crippen molar-refractivity contribution in [1.29, 1.82) is 0 Å². The lowest BCUT2D eigenvalue weighted by atomic mass is 10.1. The topological polar surface area (TPSA) is 275 Å². The van der Waals surface area contributed by atoms with Gasteiger partial charge in [0.05, 0.1) is 53.2 Å². The Balaban J connectivity index is 0.000000143. The molecule has 554 valence electrons. The van der Waals surface area contributed by atoms with Crippen LogP contribution in [0, 0.1) is 6.92 Å². The van der Waals surface area contributed by atoms with Gasteiger partial charge in [-0.2, -0.15) is 0 Å². The molecule has 0 aliphatic carbocycles. The molecule has 0 unspecified atom stereocenters. The maximum atomic E-state index is 13.5. The first-order valence-electron chi connectivity index (χ1n) is 34.9. The Kier molecular flexibility index (Phi) is 21.8. The first kappa shape index (κ1) is 74.4. The average Bonchev–Trinajstić information content (AvgIpc) is 0.831. The first-order chi connectivity index (χ1) is 52.0. The van der Waals surface area contributed by atoms with Crippen LogP contribution < -0.4 is 45.5 Å². The van der Waals surface area contributed by atoms with Gasteiger partial charge in [0.15, 0.2) is 0 Å². The van der Waals surface area contributed by atoms with Gasteiger partial charge >= 0.3 is 0 Å². The minimum Gasteiger partial charge on any atom is -0.366 e. The highest BCUT2D eigenvalue weighted by molar-refractivity contribution is 7.93. The molecule has 12 aromatic rings. The molecular formula is C80H78N12O12S4. The second kappa shape index (κ2) is 31.7. The molecule has 3 saturated heterocycles. The monoisotopic (exact) mass is 1530 g/mol. The fraction of sp³-hybridized carbons (Fsp3) is 0.200. The number of benzene rings is 8. The number of fused-ring (bicyclic) bond motifs is 3. The largest absolute Gasteiger partial charge is 0.366 e. The van der Waals surface area contributed by atoms with Crippen LogP contribution in [-0.2, 0) is 51.2 Å². The van der Waals surface area contributed by atoms with E-state index >= 15 is 0 Å². The Morgan fingerprint density at radius 2 is 0.602 bits per heavy atom. The summed E-state index contributed by atoms with van der Waals surface area (Å²) in [5, 5.41) is 4.15. The molecule has 7 heterocycles. The number of nitrogens with zero attached hydrogens (tertiary/aromatic N) is 9. The van der Waals surface area contributed by atoms with Crippen LogP contribution in [0.2, 0.25) is 0 Å². The van der Waals surface area contributed by atoms with Crippen molar-refractivity contribution in [2.24, 2.45) is 21.1 Å². The van der Waals surface area contributed by atoms with E-state index in [4.69, 9.17) is 0 Å². The molecule has 3 aliphatic rings. The predicted octanol–water partition coefficient (Wildman–Crippen LogP) is 10.3. The van der Waals surface area contributed by atoms with Crippen molar-refractivity contribution in [2.45, 2.75) is 21.6 Å². The molecule has 0 atom stereocenters. The highest BCUT2D eigenvalue weighted by atomic mass is 32.2. The van der Waals surface area contributed by atoms with Crippen LogP contribution >= 0.6 is 11.3 Å². The van der Waals surface area contributed by atoms with Gasteiger partial charge in [-0.05, 0) is 97.2 Å². The molecule has 4 aromatic heterocycles. The molecule has 24 nitrogen and oxygen atoms in total. The zero-order valence-corrected chi connectivity index (χ0v) is 62.8. The zero-order chi connectivity index (χ0) is 76.0. The summed E-state index contributed by atoms with van der Waals surface area (Å²) in [6.07, 6.45) is 0. The highest BCUT2D eigenvalue weighted by Crippen LogP contribution is 2.38. The molecule has 3 fully saturated rings. The summed E-state index contributed by atoms with van der Waals surface area (Å²) in [4.78, 5) is 91.3. The van der Waals surface area contributed by atoms with Crippen LogP contribution in [0.4, 0.5) is 34.1 Å². The fourth-order valence-corrected chi connectivity index (χ4v) is 17.6. The number of anilines is 6. The molecule has 3 aliphatic heterocycles. The number of hydrogen-bond donors (Lipinski definition) is 3. The number of carbonyl (C=O) groups is 3. The van der Waals surface area contributed by atoms with Gasteiger partial charge in [-0.1, -0.05) is 151 Å². The van der Waals surface area contributed by atoms with E-state index in [0.717, 1.165) is 21.7 Å². The van der Waals surface area contributed by atoms with Crippen LogP contribution in [-0.4, -0.2) is 150 Å². The number of piperazine rings is 3. The zero-order valence-electron chi connectivity index (χ0n) is 59.6. The van der Waals surface area contributed by atoms with E-state index in [1.54, 1.807) is 109 Å². The van der Waals surface area contributed by atoms with E-state index in [-0.39, 0.29) is 49.5 Å². The molecule has 108 heavy (non-hydrogen) atoms. The third kappa shape index (κ3) is 15.6. The molecule has 15 rings (SSSR count). The summed E-state index contributed by atoms with van der Waals surface area (Å²) in [6, 6.07) is 66.6. The average molecular weight is 1530 g/mol. The summed E-state index contributed by atoms with van der Waals surface area (Å²) in [5.41, 5.74) is 4.58. The molecule has 3 N–H and O–H groups in total. The third-order valence-electron chi connectivity index (χ3n) is 19.4. The van der Waals surface area contributed by atoms with Crippen LogP contribution in [0.5, 0.6) is 0 Å². The number of pyridine rings is 3. The minimum atomic E-state index is -4.01. The number of hydrogen-bond acceptors (Lipinski definition) is 16. The summed E-state index contributed by atoms with van der Waals surface area (Å²) in [5.74, 6) is -0.109. The van der Waals surface area contributed by atoms with Crippen molar-refractivity contribution in [1.82, 2.24) is 28.4 Å². The lowest BCUT2D eigenvalue weighted by Crippen LogP contribution is -2.49. The van der Waals surface area contributed by atoms with Crippen LogP contribution in [0.3, 0.4) is 0 Å². The van der Waals surface area contributed by atoms with Gasteiger partial charge in [-0.3, -0.25) is 42.9 Å². The number of aryl methyl sites for hydroxylation is 4. The Labute approximate surface area is 628 Å². The summed E-state index contributed by atoms with van der Waals surface area (Å²) < 4.78 is 91.5. The number of thiophene rings is 1. The van der Waals surface area contributed by atoms with E-state index in [1.807, 2.05) is 148 Å². The summed E-state index contributed by atoms with van der Waals surface area (Å²) in [6.45, 7) is 7.34. The molecule has 0 saturated carbocycles. The molecule has 28 heteroatoms. The third-order valence-corrected chi connectivity index (χ3v) is 24.4. The Hall–Kier alpha value is -11.9. The van der Waals surface area contributed by atoms with Gasteiger partial charge in [0.1, 0.15) is 17.1 Å². The number of sulfonamides is 3. The van der Waals surface area contributed by atoms with E-state index in [0.29, 0.717) is 128 Å². The first-order valence-corrected chi connectivity index (χ1v) is 40.2. The number of carbonyl (C=O) groups excluding carboxylic acids is 3. The van der Waals surface area contributed by atoms with E-state index in [1.165, 1.54) is 61.4 Å². The number of aromatic nitrogens is 3. The molecule has 3 amide bonds. The fourth-order valence-electron chi connectivity index (χ4n) is 13.7. The normalized spacial score (nSPS) is 14.2. The standard InChI is InChI=1S/C28H28N4O4S.C27H26N4O4S.C25H24N4O4S2/c1-20-12-14-22(15-13-20)37(35,36)29-25-26(23-10-6-7-11-24(23)30(2)28(25)34)31-16-18-32(19-17-31)27(33)21-8-4-3-5-9-21;1-29-23-15-9-8-14-22(23)25(24(27(29)33)28-36(34,35)21-12-6-3-7-13-21)30-16-18-31(19-17-30)26(32)20-10-4-2-5-11-20;1-27-20-11-6-5-10-19(20)23(22(25(27)31)26-35(32,33)18-8-3-2-4-9-18)28-13-15-29(16-14-28)24(30)21-12-7-17-34-21/h3-15,29H,16-19H2,1-2H3;2-15,28H,16-19H2,1H3;2-12,17,26H,13-16H2,1H3. The minimum absolute atomic E-state index is 0.00267. The smallest absolute Gasteiger partial charge is 0.277 e. The summed E-state index contributed by atoms with van der Waals surface area (Å²) >= 11 is 1.41. The van der Waals surface area contributed by atoms with Crippen molar-refractivity contribution in [3.05, 3.63) is 289 Å². The molecule has 8 aromatic carbocycles. The van der Waals surface area contributed by atoms with Gasteiger partial charge in [-0.25, -0.2) is 25.3 Å². The van der Waals surface area contributed by atoms with Crippen molar-refractivity contribution in [3.8, 4) is 0 Å². The summed E-state index contributed by atoms with van der Waals surface area (Å²) in [7, 11) is -7.11. The lowest BCUT2D eigenvalue weighted by molar-refractivity contribution is 0.0739. The van der Waals surface area contributed by atoms with Crippen LogP contribution in [0.25, 0.3) is 32.7 Å². The van der Waals surface area contributed by atoms with Crippen molar-refractivity contribution in [2.75, 3.05) is 107 Å². The van der Waals surface area contributed by atoms with Gasteiger partial charge in [0, 0.05) is 127 Å². The van der Waals surface area contributed by atoms with Gasteiger partial charge in [-0.15, -0.1) is 11.3 Å². The lowest BCUT2D eigenvalue weighted by Gasteiger charge is -2.37. The molecule has 0 spiro atoms. The number of rotatable bonds is 15.